The van der Waals surface area contributed by atoms with Gasteiger partial charge in [-0.1, -0.05) is 22.9 Å². The molecule has 0 spiro atoms. The molecule has 0 aromatic carbocycles. The molecule has 0 rings (SSSR count). The van der Waals surface area contributed by atoms with Crippen molar-refractivity contribution in [1.82, 2.24) is 4.72 Å². The van der Waals surface area contributed by atoms with E-state index in [0.717, 1.165) is 0 Å². The minimum atomic E-state index is -3.04. The van der Waals surface area contributed by atoms with Gasteiger partial charge in [-0.25, -0.2) is 13.1 Å². The lowest BCUT2D eigenvalue weighted by atomic mass is 10.3. The summed E-state index contributed by atoms with van der Waals surface area (Å²) in [7, 11) is -3.04. The number of hydrogen-bond acceptors (Lipinski definition) is 2. The summed E-state index contributed by atoms with van der Waals surface area (Å²) in [4.78, 5) is 0.156. The van der Waals surface area contributed by atoms with E-state index < -0.39 is 10.0 Å². The summed E-state index contributed by atoms with van der Waals surface area (Å²) in [5.41, 5.74) is 0. The van der Waals surface area contributed by atoms with E-state index in [1.807, 2.05) is 13.8 Å². The first kappa shape index (κ1) is 11.4. The molecule has 3 nitrogen and oxygen atoms in total. The van der Waals surface area contributed by atoms with E-state index in [4.69, 9.17) is 0 Å². The van der Waals surface area contributed by atoms with Crippen LogP contribution in [0.1, 0.15) is 20.8 Å². The second-order valence-corrected chi connectivity index (χ2v) is 5.97. The van der Waals surface area contributed by atoms with Gasteiger partial charge in [-0.15, -0.1) is 0 Å². The van der Waals surface area contributed by atoms with E-state index in [9.17, 15) is 8.42 Å². The average molecular weight is 244 g/mol. The maximum atomic E-state index is 11.0. The second-order valence-electron chi connectivity index (χ2n) is 2.49. The van der Waals surface area contributed by atoms with Crippen LogP contribution in [0.3, 0.4) is 0 Å². The Kier molecular flexibility index (Phi) is 4.58. The zero-order valence-corrected chi connectivity index (χ0v) is 9.37. The Balaban J connectivity index is 4.05. The van der Waals surface area contributed by atoms with Crippen LogP contribution in [0.25, 0.3) is 0 Å². The molecule has 68 valence electrons. The van der Waals surface area contributed by atoms with Crippen molar-refractivity contribution in [2.24, 2.45) is 0 Å². The molecule has 0 aliphatic carbocycles. The molecule has 0 radical (unpaired) electrons. The molecule has 0 aliphatic heterocycles. The third-order valence-corrected chi connectivity index (χ3v) is 3.72. The molecular weight excluding hydrogens is 230 g/mol. The SMILES string of the molecule is CCS(=O)(=O)NC(C)C(C)Br. The first-order chi connectivity index (χ1) is 4.89. The fraction of sp³-hybridized carbons (Fsp3) is 1.00. The summed E-state index contributed by atoms with van der Waals surface area (Å²) >= 11 is 3.29. The molecular formula is C6H14BrNO2S. The quantitative estimate of drug-likeness (QED) is 0.752. The van der Waals surface area contributed by atoms with E-state index in [0.29, 0.717) is 0 Å². The van der Waals surface area contributed by atoms with Crippen molar-refractivity contribution >= 4 is 26.0 Å². The molecule has 0 fully saturated rings. The lowest BCUT2D eigenvalue weighted by Gasteiger charge is -2.15. The summed E-state index contributed by atoms with van der Waals surface area (Å²) in [6, 6.07) is -0.0556. The molecule has 0 amide bonds. The number of halogens is 1. The second kappa shape index (κ2) is 4.42. The van der Waals surface area contributed by atoms with Crippen LogP contribution in [0.4, 0.5) is 0 Å². The Morgan fingerprint density at radius 2 is 1.91 bits per heavy atom. The number of alkyl halides is 1. The minimum absolute atomic E-state index is 0.0556. The zero-order valence-electron chi connectivity index (χ0n) is 6.96. The van der Waals surface area contributed by atoms with Crippen molar-refractivity contribution in [3.63, 3.8) is 0 Å². The van der Waals surface area contributed by atoms with Crippen LogP contribution in [0.2, 0.25) is 0 Å². The fourth-order valence-corrected chi connectivity index (χ4v) is 1.70. The number of sulfonamides is 1. The van der Waals surface area contributed by atoms with Crippen molar-refractivity contribution in [1.29, 1.82) is 0 Å². The Morgan fingerprint density at radius 3 is 2.18 bits per heavy atom. The molecule has 1 N–H and O–H groups in total. The van der Waals surface area contributed by atoms with Crippen LogP contribution in [-0.4, -0.2) is 25.0 Å². The molecule has 2 unspecified atom stereocenters. The fourth-order valence-electron chi connectivity index (χ4n) is 0.460. The molecule has 0 heterocycles. The normalized spacial score (nSPS) is 17.8. The molecule has 0 bridgehead atoms. The molecule has 2 atom stereocenters. The van der Waals surface area contributed by atoms with Crippen LogP contribution in [-0.2, 0) is 10.0 Å². The Bertz CT molecular complexity index is 201. The lowest BCUT2D eigenvalue weighted by molar-refractivity contribution is 0.561. The minimum Gasteiger partial charge on any atom is -0.212 e. The van der Waals surface area contributed by atoms with Gasteiger partial charge < -0.3 is 0 Å². The maximum Gasteiger partial charge on any atom is 0.211 e. The van der Waals surface area contributed by atoms with Crippen molar-refractivity contribution in [3.05, 3.63) is 0 Å². The Morgan fingerprint density at radius 1 is 1.45 bits per heavy atom. The monoisotopic (exact) mass is 243 g/mol. The standard InChI is InChI=1S/C6H14BrNO2S/c1-4-11(9,10)8-6(3)5(2)7/h5-6,8H,4H2,1-3H3. The summed E-state index contributed by atoms with van der Waals surface area (Å²) in [6.07, 6.45) is 0. The third-order valence-electron chi connectivity index (χ3n) is 1.43. The van der Waals surface area contributed by atoms with Gasteiger partial charge in [-0.2, -0.15) is 0 Å². The highest BCUT2D eigenvalue weighted by atomic mass is 79.9. The summed E-state index contributed by atoms with van der Waals surface area (Å²) in [6.45, 7) is 5.35. The van der Waals surface area contributed by atoms with E-state index in [1.165, 1.54) is 0 Å². The first-order valence-electron chi connectivity index (χ1n) is 3.53. The molecule has 0 aliphatic rings. The van der Waals surface area contributed by atoms with Crippen molar-refractivity contribution in [3.8, 4) is 0 Å². The lowest BCUT2D eigenvalue weighted by Crippen LogP contribution is -2.38. The van der Waals surface area contributed by atoms with Crippen molar-refractivity contribution in [2.75, 3.05) is 5.75 Å². The van der Waals surface area contributed by atoms with Gasteiger partial charge in [0.1, 0.15) is 0 Å². The van der Waals surface area contributed by atoms with Crippen LogP contribution in [0.5, 0.6) is 0 Å². The molecule has 0 aromatic rings. The van der Waals surface area contributed by atoms with Crippen LogP contribution in [0.15, 0.2) is 0 Å². The predicted molar refractivity (Wildman–Crippen MR) is 50.4 cm³/mol. The van der Waals surface area contributed by atoms with Gasteiger partial charge in [0.05, 0.1) is 5.75 Å². The largest absolute Gasteiger partial charge is 0.212 e. The number of nitrogens with one attached hydrogen (secondary N) is 1. The average Bonchev–Trinajstić information content (AvgIpc) is 1.87. The van der Waals surface area contributed by atoms with E-state index in [1.54, 1.807) is 6.92 Å². The van der Waals surface area contributed by atoms with Crippen molar-refractivity contribution < 1.29 is 8.42 Å². The predicted octanol–water partition coefficient (Wildman–Crippen LogP) is 1.10. The third kappa shape index (κ3) is 4.76. The van der Waals surface area contributed by atoms with Crippen LogP contribution < -0.4 is 4.72 Å². The summed E-state index contributed by atoms with van der Waals surface area (Å²) in [5.74, 6) is 0.136. The first-order valence-corrected chi connectivity index (χ1v) is 6.10. The van der Waals surface area contributed by atoms with Gasteiger partial charge in [-0.3, -0.25) is 0 Å². The molecule has 0 saturated carbocycles. The van der Waals surface area contributed by atoms with Gasteiger partial charge in [0, 0.05) is 10.9 Å². The topological polar surface area (TPSA) is 46.2 Å². The summed E-state index contributed by atoms with van der Waals surface area (Å²) in [5, 5.41) is 0. The number of hydrogen-bond donors (Lipinski definition) is 1. The van der Waals surface area contributed by atoms with Gasteiger partial charge in [0.15, 0.2) is 0 Å². The smallest absolute Gasteiger partial charge is 0.211 e. The summed E-state index contributed by atoms with van der Waals surface area (Å²) < 4.78 is 24.5. The molecule has 5 heteroatoms. The Labute approximate surface area is 76.7 Å². The maximum absolute atomic E-state index is 11.0. The highest BCUT2D eigenvalue weighted by molar-refractivity contribution is 9.09. The van der Waals surface area contributed by atoms with Crippen LogP contribution >= 0.6 is 15.9 Å². The van der Waals surface area contributed by atoms with Gasteiger partial charge >= 0.3 is 0 Å². The van der Waals surface area contributed by atoms with Gasteiger partial charge in [0.25, 0.3) is 0 Å². The molecule has 0 aromatic heterocycles. The van der Waals surface area contributed by atoms with Crippen LogP contribution in [0, 0.1) is 0 Å². The van der Waals surface area contributed by atoms with E-state index >= 15 is 0 Å². The van der Waals surface area contributed by atoms with Crippen molar-refractivity contribution in [2.45, 2.75) is 31.6 Å². The highest BCUT2D eigenvalue weighted by Gasteiger charge is 2.14. The Hall–Kier alpha value is 0.390. The van der Waals surface area contributed by atoms with E-state index in [-0.39, 0.29) is 16.6 Å². The number of rotatable bonds is 4. The molecule has 0 saturated heterocycles. The van der Waals surface area contributed by atoms with Gasteiger partial charge in [0.2, 0.25) is 10.0 Å². The van der Waals surface area contributed by atoms with Gasteiger partial charge in [-0.05, 0) is 13.8 Å². The zero-order chi connectivity index (χ0) is 9.07. The highest BCUT2D eigenvalue weighted by Crippen LogP contribution is 2.04. The van der Waals surface area contributed by atoms with E-state index in [2.05, 4.69) is 20.7 Å². The molecule has 11 heavy (non-hydrogen) atoms.